The summed E-state index contributed by atoms with van der Waals surface area (Å²) in [7, 11) is -1.38. The Labute approximate surface area is 137 Å². The summed E-state index contributed by atoms with van der Waals surface area (Å²) in [5, 5.41) is 0. The molecule has 23 heavy (non-hydrogen) atoms. The lowest BCUT2D eigenvalue weighted by atomic mass is 10.1. The summed E-state index contributed by atoms with van der Waals surface area (Å²) in [6.07, 6.45) is 0.486. The Kier molecular flexibility index (Phi) is 5.51. The van der Waals surface area contributed by atoms with E-state index >= 15 is 0 Å². The molecule has 1 aromatic rings. The van der Waals surface area contributed by atoms with Crippen molar-refractivity contribution in [2.75, 3.05) is 31.8 Å². The summed E-state index contributed by atoms with van der Waals surface area (Å²) in [6.45, 7) is 4.71. The lowest BCUT2D eigenvalue weighted by Crippen LogP contribution is -2.37. The Morgan fingerprint density at radius 1 is 1.22 bits per heavy atom. The van der Waals surface area contributed by atoms with Gasteiger partial charge in [-0.05, 0) is 38.5 Å². The van der Waals surface area contributed by atoms with Gasteiger partial charge in [-0.3, -0.25) is 4.79 Å². The number of sulfone groups is 1. The average molecular weight is 341 g/mol. The minimum Gasteiger partial charge on any atom is -0.490 e. The van der Waals surface area contributed by atoms with Crippen LogP contribution in [0.3, 0.4) is 0 Å². The van der Waals surface area contributed by atoms with Crippen LogP contribution in [-0.4, -0.2) is 57.0 Å². The maximum Gasteiger partial charge on any atom is 0.254 e. The fraction of sp³-hybridized carbons (Fsp3) is 0.562. The van der Waals surface area contributed by atoms with Crippen molar-refractivity contribution in [2.24, 2.45) is 0 Å². The number of amides is 1. The van der Waals surface area contributed by atoms with Gasteiger partial charge in [0.1, 0.15) is 0 Å². The summed E-state index contributed by atoms with van der Waals surface area (Å²) >= 11 is 0. The second kappa shape index (κ2) is 7.21. The van der Waals surface area contributed by atoms with Crippen molar-refractivity contribution < 1.29 is 22.7 Å². The van der Waals surface area contributed by atoms with Gasteiger partial charge in [0.15, 0.2) is 21.3 Å². The summed E-state index contributed by atoms with van der Waals surface area (Å²) in [6, 6.07) is 4.77. The van der Waals surface area contributed by atoms with E-state index in [9.17, 15) is 13.2 Å². The second-order valence-corrected chi connectivity index (χ2v) is 7.73. The highest BCUT2D eigenvalue weighted by molar-refractivity contribution is 7.91. The molecule has 1 atom stereocenters. The van der Waals surface area contributed by atoms with Crippen LogP contribution in [0.4, 0.5) is 0 Å². The van der Waals surface area contributed by atoms with Crippen LogP contribution < -0.4 is 9.47 Å². The first-order chi connectivity index (χ1) is 10.9. The molecule has 1 aromatic carbocycles. The molecular formula is C16H23NO5S. The zero-order valence-electron chi connectivity index (χ0n) is 13.7. The quantitative estimate of drug-likeness (QED) is 0.788. The Hall–Kier alpha value is -1.76. The van der Waals surface area contributed by atoms with Crippen molar-refractivity contribution >= 4 is 15.7 Å². The summed E-state index contributed by atoms with van der Waals surface area (Å²) in [4.78, 5) is 14.1. The van der Waals surface area contributed by atoms with Gasteiger partial charge in [-0.2, -0.15) is 0 Å². The number of nitrogens with zero attached hydrogens (tertiary/aromatic N) is 1. The summed E-state index contributed by atoms with van der Waals surface area (Å²) < 4.78 is 34.2. The molecule has 1 amide bonds. The van der Waals surface area contributed by atoms with Crippen LogP contribution >= 0.6 is 0 Å². The Morgan fingerprint density at radius 2 is 1.87 bits per heavy atom. The van der Waals surface area contributed by atoms with Gasteiger partial charge in [-0.1, -0.05) is 0 Å². The number of ether oxygens (including phenoxy) is 2. The van der Waals surface area contributed by atoms with E-state index in [1.54, 1.807) is 25.2 Å². The van der Waals surface area contributed by atoms with Crippen LogP contribution in [0.1, 0.15) is 30.6 Å². The van der Waals surface area contributed by atoms with Gasteiger partial charge in [-0.15, -0.1) is 0 Å². The molecule has 1 aliphatic heterocycles. The van der Waals surface area contributed by atoms with Crippen molar-refractivity contribution in [2.45, 2.75) is 26.3 Å². The first-order valence-electron chi connectivity index (χ1n) is 7.75. The number of hydrogen-bond donors (Lipinski definition) is 0. The first kappa shape index (κ1) is 17.6. The number of hydrogen-bond acceptors (Lipinski definition) is 5. The van der Waals surface area contributed by atoms with E-state index in [2.05, 4.69) is 0 Å². The topological polar surface area (TPSA) is 72.9 Å². The molecule has 0 spiro atoms. The molecule has 0 bridgehead atoms. The van der Waals surface area contributed by atoms with Crippen molar-refractivity contribution in [3.63, 3.8) is 0 Å². The van der Waals surface area contributed by atoms with E-state index in [0.29, 0.717) is 36.7 Å². The van der Waals surface area contributed by atoms with Crippen LogP contribution in [-0.2, 0) is 9.84 Å². The fourth-order valence-electron chi connectivity index (χ4n) is 2.63. The fourth-order valence-corrected chi connectivity index (χ4v) is 4.41. The molecule has 1 fully saturated rings. The third kappa shape index (κ3) is 4.16. The van der Waals surface area contributed by atoms with E-state index in [1.807, 2.05) is 13.8 Å². The number of carbonyl (C=O) groups excluding carboxylic acids is 1. The van der Waals surface area contributed by atoms with E-state index in [-0.39, 0.29) is 23.5 Å². The van der Waals surface area contributed by atoms with Gasteiger partial charge in [0, 0.05) is 18.7 Å². The molecular weight excluding hydrogens is 318 g/mol. The van der Waals surface area contributed by atoms with Crippen molar-refractivity contribution in [1.29, 1.82) is 0 Å². The van der Waals surface area contributed by atoms with Gasteiger partial charge < -0.3 is 14.4 Å². The minimum absolute atomic E-state index is 0.0323. The minimum atomic E-state index is -3.03. The Balaban J connectivity index is 2.20. The Bertz CT molecular complexity index is 671. The molecule has 0 aliphatic carbocycles. The van der Waals surface area contributed by atoms with Gasteiger partial charge >= 0.3 is 0 Å². The number of rotatable bonds is 6. The molecule has 0 unspecified atom stereocenters. The first-order valence-corrected chi connectivity index (χ1v) is 9.57. The van der Waals surface area contributed by atoms with E-state index in [0.717, 1.165) is 0 Å². The van der Waals surface area contributed by atoms with Crippen LogP contribution in [0.15, 0.2) is 18.2 Å². The molecule has 7 heteroatoms. The maximum absolute atomic E-state index is 12.6. The van der Waals surface area contributed by atoms with Crippen LogP contribution in [0, 0.1) is 0 Å². The second-order valence-electron chi connectivity index (χ2n) is 5.50. The molecule has 1 aliphatic rings. The maximum atomic E-state index is 12.6. The predicted molar refractivity (Wildman–Crippen MR) is 87.9 cm³/mol. The average Bonchev–Trinajstić information content (AvgIpc) is 2.88. The van der Waals surface area contributed by atoms with Gasteiger partial charge in [-0.25, -0.2) is 8.42 Å². The lowest BCUT2D eigenvalue weighted by Gasteiger charge is -2.24. The highest BCUT2D eigenvalue weighted by Crippen LogP contribution is 2.29. The third-order valence-electron chi connectivity index (χ3n) is 3.87. The molecule has 0 aromatic heterocycles. The smallest absolute Gasteiger partial charge is 0.254 e. The van der Waals surface area contributed by atoms with Gasteiger partial charge in [0.2, 0.25) is 0 Å². The van der Waals surface area contributed by atoms with Crippen molar-refractivity contribution in [3.05, 3.63) is 23.8 Å². The SMILES string of the molecule is CCOc1ccc(C(=O)N(C)[C@H]2CCS(=O)(=O)C2)cc1OCC. The number of benzene rings is 1. The molecule has 128 valence electrons. The highest BCUT2D eigenvalue weighted by Gasteiger charge is 2.33. The monoisotopic (exact) mass is 341 g/mol. The molecule has 2 rings (SSSR count). The molecule has 1 heterocycles. The van der Waals surface area contributed by atoms with Crippen molar-refractivity contribution in [1.82, 2.24) is 4.90 Å². The summed E-state index contributed by atoms with van der Waals surface area (Å²) in [5.74, 6) is 1.08. The van der Waals surface area contributed by atoms with Gasteiger partial charge in [0.05, 0.1) is 24.7 Å². The van der Waals surface area contributed by atoms with E-state index < -0.39 is 9.84 Å². The van der Waals surface area contributed by atoms with Crippen LogP contribution in [0.2, 0.25) is 0 Å². The van der Waals surface area contributed by atoms with E-state index in [4.69, 9.17) is 9.47 Å². The normalized spacial score (nSPS) is 19.3. The molecule has 6 nitrogen and oxygen atoms in total. The molecule has 0 N–H and O–H groups in total. The number of carbonyl (C=O) groups is 1. The van der Waals surface area contributed by atoms with Gasteiger partial charge in [0.25, 0.3) is 5.91 Å². The molecule has 1 saturated heterocycles. The van der Waals surface area contributed by atoms with Crippen LogP contribution in [0.25, 0.3) is 0 Å². The van der Waals surface area contributed by atoms with Crippen LogP contribution in [0.5, 0.6) is 11.5 Å². The third-order valence-corrected chi connectivity index (χ3v) is 5.62. The predicted octanol–water partition coefficient (Wildman–Crippen LogP) is 1.74. The molecule has 0 radical (unpaired) electrons. The zero-order valence-corrected chi connectivity index (χ0v) is 14.6. The summed E-state index contributed by atoms with van der Waals surface area (Å²) in [5.41, 5.74) is 0.462. The molecule has 0 saturated carbocycles. The Morgan fingerprint density at radius 3 is 2.43 bits per heavy atom. The zero-order chi connectivity index (χ0) is 17.0. The lowest BCUT2D eigenvalue weighted by molar-refractivity contribution is 0.0747. The largest absolute Gasteiger partial charge is 0.490 e. The highest BCUT2D eigenvalue weighted by atomic mass is 32.2. The van der Waals surface area contributed by atoms with E-state index in [1.165, 1.54) is 4.90 Å². The standard InChI is InChI=1S/C16H23NO5S/c1-4-21-14-7-6-12(10-15(14)22-5-2)16(18)17(3)13-8-9-23(19,20)11-13/h6-7,10,13H,4-5,8-9,11H2,1-3H3/t13-/m0/s1. The van der Waals surface area contributed by atoms with Crippen molar-refractivity contribution in [3.8, 4) is 11.5 Å².